The van der Waals surface area contributed by atoms with Crippen LogP contribution in [0.4, 0.5) is 5.69 Å². The number of ether oxygens (including phenoxy) is 1. The van der Waals surface area contributed by atoms with Crippen LogP contribution in [0.3, 0.4) is 0 Å². The molecular formula is C12H19N3O. The lowest BCUT2D eigenvalue weighted by Crippen LogP contribution is -2.35. The third-order valence-corrected chi connectivity index (χ3v) is 2.75. The number of hydrogen-bond acceptors (Lipinski definition) is 4. The van der Waals surface area contributed by atoms with Crippen LogP contribution in [0.2, 0.25) is 0 Å². The van der Waals surface area contributed by atoms with Crippen LogP contribution < -0.4 is 15.4 Å². The molecule has 2 N–H and O–H groups in total. The number of nitrogens with zero attached hydrogens (tertiary/aromatic N) is 1. The fourth-order valence-corrected chi connectivity index (χ4v) is 1.94. The largest absolute Gasteiger partial charge is 0.476 e. The van der Waals surface area contributed by atoms with Crippen LogP contribution in [-0.4, -0.2) is 30.7 Å². The molecule has 2 heterocycles. The first-order valence-electron chi connectivity index (χ1n) is 5.95. The topological polar surface area (TPSA) is 46.2 Å². The van der Waals surface area contributed by atoms with Gasteiger partial charge in [-0.25, -0.2) is 4.98 Å². The summed E-state index contributed by atoms with van der Waals surface area (Å²) in [6.45, 7) is 4.80. The summed E-state index contributed by atoms with van der Waals surface area (Å²) in [7, 11) is 0. The molecule has 0 aromatic carbocycles. The minimum atomic E-state index is 0.532. The molecule has 0 spiro atoms. The van der Waals surface area contributed by atoms with Crippen LogP contribution in [0.1, 0.15) is 19.8 Å². The van der Waals surface area contributed by atoms with Crippen molar-refractivity contribution in [2.45, 2.75) is 25.8 Å². The molecule has 4 nitrogen and oxygen atoms in total. The zero-order valence-corrected chi connectivity index (χ0v) is 9.70. The summed E-state index contributed by atoms with van der Waals surface area (Å²) in [5.74, 6) is 0.712. The second-order valence-corrected chi connectivity index (χ2v) is 3.96. The van der Waals surface area contributed by atoms with Gasteiger partial charge in [0, 0.05) is 12.2 Å². The number of nitrogens with one attached hydrogen (secondary N) is 2. The first-order valence-corrected chi connectivity index (χ1v) is 5.95. The summed E-state index contributed by atoms with van der Waals surface area (Å²) in [6.07, 6.45) is 4.07. The number of rotatable bonds is 4. The molecule has 16 heavy (non-hydrogen) atoms. The molecule has 0 amide bonds. The molecule has 0 bridgehead atoms. The molecule has 1 aliphatic rings. The fourth-order valence-electron chi connectivity index (χ4n) is 1.94. The molecule has 1 aromatic rings. The molecular weight excluding hydrogens is 202 g/mol. The van der Waals surface area contributed by atoms with Crippen LogP contribution in [0.15, 0.2) is 18.3 Å². The summed E-state index contributed by atoms with van der Waals surface area (Å²) in [6, 6.07) is 4.50. The molecule has 0 atom stereocenters. The highest BCUT2D eigenvalue weighted by atomic mass is 16.5. The van der Waals surface area contributed by atoms with Gasteiger partial charge < -0.3 is 15.4 Å². The summed E-state index contributed by atoms with van der Waals surface area (Å²) >= 11 is 0. The number of pyridine rings is 1. The molecule has 2 rings (SSSR count). The van der Waals surface area contributed by atoms with Gasteiger partial charge in [0.25, 0.3) is 0 Å². The molecule has 1 fully saturated rings. The van der Waals surface area contributed by atoms with Gasteiger partial charge in [0.1, 0.15) is 0 Å². The van der Waals surface area contributed by atoms with Crippen molar-refractivity contribution in [1.82, 2.24) is 10.3 Å². The standard InChI is InChI=1S/C12H19N3O/c1-2-16-12-11(4-3-7-14-12)15-10-5-8-13-9-6-10/h3-4,7,10,13,15H,2,5-6,8-9H2,1H3. The maximum absolute atomic E-state index is 5.49. The number of piperidine rings is 1. The van der Waals surface area contributed by atoms with Crippen molar-refractivity contribution in [2.24, 2.45) is 0 Å². The second-order valence-electron chi connectivity index (χ2n) is 3.96. The highest BCUT2D eigenvalue weighted by molar-refractivity contribution is 5.52. The molecule has 1 aliphatic heterocycles. The monoisotopic (exact) mass is 221 g/mol. The predicted octanol–water partition coefficient (Wildman–Crippen LogP) is 1.64. The third kappa shape index (κ3) is 2.85. The first-order chi connectivity index (χ1) is 7.90. The quantitative estimate of drug-likeness (QED) is 0.811. The molecule has 0 unspecified atom stereocenters. The Morgan fingerprint density at radius 1 is 1.50 bits per heavy atom. The van der Waals surface area contributed by atoms with Crippen molar-refractivity contribution in [3.63, 3.8) is 0 Å². The van der Waals surface area contributed by atoms with E-state index in [-0.39, 0.29) is 0 Å². The van der Waals surface area contributed by atoms with Crippen LogP contribution in [0, 0.1) is 0 Å². The van der Waals surface area contributed by atoms with Crippen LogP contribution in [0.25, 0.3) is 0 Å². The van der Waals surface area contributed by atoms with Crippen molar-refractivity contribution < 1.29 is 4.74 Å². The van der Waals surface area contributed by atoms with E-state index in [1.54, 1.807) is 6.20 Å². The maximum atomic E-state index is 5.49. The van der Waals surface area contributed by atoms with Gasteiger partial charge in [-0.2, -0.15) is 0 Å². The Hall–Kier alpha value is -1.29. The minimum Gasteiger partial charge on any atom is -0.476 e. The van der Waals surface area contributed by atoms with E-state index in [9.17, 15) is 0 Å². The molecule has 1 saturated heterocycles. The zero-order chi connectivity index (χ0) is 11.2. The molecule has 0 aliphatic carbocycles. The summed E-state index contributed by atoms with van der Waals surface area (Å²) in [4.78, 5) is 4.23. The highest BCUT2D eigenvalue weighted by Crippen LogP contribution is 2.22. The Balaban J connectivity index is 2.01. The summed E-state index contributed by atoms with van der Waals surface area (Å²) in [5, 5.41) is 6.86. The van der Waals surface area contributed by atoms with E-state index >= 15 is 0 Å². The second kappa shape index (κ2) is 5.70. The van der Waals surface area contributed by atoms with Gasteiger partial charge in [-0.3, -0.25) is 0 Å². The number of aromatic nitrogens is 1. The Bertz CT molecular complexity index is 324. The maximum Gasteiger partial charge on any atom is 0.237 e. The van der Waals surface area contributed by atoms with Gasteiger partial charge in [-0.15, -0.1) is 0 Å². The Labute approximate surface area is 96.4 Å². The van der Waals surface area contributed by atoms with Crippen LogP contribution in [-0.2, 0) is 0 Å². The van der Waals surface area contributed by atoms with E-state index in [1.807, 2.05) is 19.1 Å². The Morgan fingerprint density at radius 3 is 3.06 bits per heavy atom. The van der Waals surface area contributed by atoms with Gasteiger partial charge in [-0.1, -0.05) is 0 Å². The van der Waals surface area contributed by atoms with Crippen molar-refractivity contribution in [3.8, 4) is 5.88 Å². The molecule has 0 saturated carbocycles. The van der Waals surface area contributed by atoms with Crippen molar-refractivity contribution in [1.29, 1.82) is 0 Å². The molecule has 0 radical (unpaired) electrons. The SMILES string of the molecule is CCOc1ncccc1NC1CCNCC1. The van der Waals surface area contributed by atoms with E-state index in [2.05, 4.69) is 15.6 Å². The zero-order valence-electron chi connectivity index (χ0n) is 9.70. The first kappa shape index (κ1) is 11.2. The van der Waals surface area contributed by atoms with E-state index in [0.29, 0.717) is 18.5 Å². The lowest BCUT2D eigenvalue weighted by Gasteiger charge is -2.25. The van der Waals surface area contributed by atoms with E-state index < -0.39 is 0 Å². The van der Waals surface area contributed by atoms with Gasteiger partial charge in [-0.05, 0) is 45.0 Å². The lowest BCUT2D eigenvalue weighted by atomic mass is 10.1. The fraction of sp³-hybridized carbons (Fsp3) is 0.583. The van der Waals surface area contributed by atoms with Crippen molar-refractivity contribution in [2.75, 3.05) is 25.0 Å². The third-order valence-electron chi connectivity index (χ3n) is 2.75. The Kier molecular flexibility index (Phi) is 3.99. The highest BCUT2D eigenvalue weighted by Gasteiger charge is 2.14. The molecule has 1 aromatic heterocycles. The van der Waals surface area contributed by atoms with Crippen molar-refractivity contribution in [3.05, 3.63) is 18.3 Å². The minimum absolute atomic E-state index is 0.532. The average Bonchev–Trinajstić information content (AvgIpc) is 2.33. The summed E-state index contributed by atoms with van der Waals surface area (Å²) < 4.78 is 5.49. The van der Waals surface area contributed by atoms with E-state index in [1.165, 1.54) is 0 Å². The summed E-state index contributed by atoms with van der Waals surface area (Å²) in [5.41, 5.74) is 1.01. The average molecular weight is 221 g/mol. The van der Waals surface area contributed by atoms with E-state index in [0.717, 1.165) is 31.6 Å². The van der Waals surface area contributed by atoms with Gasteiger partial charge in [0.05, 0.1) is 12.3 Å². The van der Waals surface area contributed by atoms with E-state index in [4.69, 9.17) is 4.74 Å². The van der Waals surface area contributed by atoms with Gasteiger partial charge in [0.2, 0.25) is 5.88 Å². The number of hydrogen-bond donors (Lipinski definition) is 2. The smallest absolute Gasteiger partial charge is 0.237 e. The lowest BCUT2D eigenvalue weighted by molar-refractivity contribution is 0.327. The van der Waals surface area contributed by atoms with Crippen LogP contribution in [0.5, 0.6) is 5.88 Å². The van der Waals surface area contributed by atoms with Gasteiger partial charge in [0.15, 0.2) is 0 Å². The van der Waals surface area contributed by atoms with Crippen molar-refractivity contribution >= 4 is 5.69 Å². The van der Waals surface area contributed by atoms with Gasteiger partial charge >= 0.3 is 0 Å². The number of anilines is 1. The normalized spacial score (nSPS) is 17.1. The molecule has 4 heteroatoms. The van der Waals surface area contributed by atoms with Crippen LogP contribution >= 0.6 is 0 Å². The Morgan fingerprint density at radius 2 is 2.31 bits per heavy atom. The molecule has 88 valence electrons. The predicted molar refractivity (Wildman–Crippen MR) is 64.9 cm³/mol.